The Bertz CT molecular complexity index is 796. The highest BCUT2D eigenvalue weighted by Gasteiger charge is 2.18. The SMILES string of the molecule is COc1ccc(C(C)N(C)C(=O)COc2ccc(C#N)cc2OC)cc1. The Morgan fingerprint density at radius 3 is 2.38 bits per heavy atom. The zero-order chi connectivity index (χ0) is 19.1. The van der Waals surface area contributed by atoms with Crippen LogP contribution >= 0.6 is 0 Å². The number of ether oxygens (including phenoxy) is 3. The normalized spacial score (nSPS) is 11.2. The van der Waals surface area contributed by atoms with Crippen LogP contribution in [0.5, 0.6) is 17.2 Å². The fraction of sp³-hybridized carbons (Fsp3) is 0.300. The number of hydrogen-bond donors (Lipinski definition) is 0. The molecule has 0 saturated carbocycles. The number of rotatable bonds is 7. The van der Waals surface area contributed by atoms with E-state index in [-0.39, 0.29) is 18.6 Å². The summed E-state index contributed by atoms with van der Waals surface area (Å²) >= 11 is 0. The fourth-order valence-electron chi connectivity index (χ4n) is 2.42. The minimum Gasteiger partial charge on any atom is -0.497 e. The Morgan fingerprint density at radius 2 is 1.81 bits per heavy atom. The molecular weight excluding hydrogens is 332 g/mol. The molecule has 0 heterocycles. The third-order valence-electron chi connectivity index (χ3n) is 4.22. The second kappa shape index (κ2) is 8.77. The van der Waals surface area contributed by atoms with Crippen molar-refractivity contribution in [2.75, 3.05) is 27.9 Å². The van der Waals surface area contributed by atoms with E-state index in [2.05, 4.69) is 0 Å². The van der Waals surface area contributed by atoms with Crippen molar-refractivity contribution in [3.63, 3.8) is 0 Å². The van der Waals surface area contributed by atoms with Gasteiger partial charge in [0.25, 0.3) is 5.91 Å². The van der Waals surface area contributed by atoms with Crippen molar-refractivity contribution < 1.29 is 19.0 Å². The Hall–Kier alpha value is -3.20. The molecule has 136 valence electrons. The molecule has 0 N–H and O–H groups in total. The molecule has 0 saturated heterocycles. The summed E-state index contributed by atoms with van der Waals surface area (Å²) in [7, 11) is 4.84. The maximum atomic E-state index is 12.5. The Morgan fingerprint density at radius 1 is 1.12 bits per heavy atom. The van der Waals surface area contributed by atoms with Crippen molar-refractivity contribution in [1.29, 1.82) is 5.26 Å². The average molecular weight is 354 g/mol. The highest BCUT2D eigenvalue weighted by Crippen LogP contribution is 2.28. The average Bonchev–Trinajstić information content (AvgIpc) is 2.70. The van der Waals surface area contributed by atoms with Gasteiger partial charge in [0.1, 0.15) is 5.75 Å². The summed E-state index contributed by atoms with van der Waals surface area (Å²) in [6.07, 6.45) is 0. The summed E-state index contributed by atoms with van der Waals surface area (Å²) in [6, 6.07) is 14.3. The molecule has 0 fully saturated rings. The van der Waals surface area contributed by atoms with Gasteiger partial charge in [-0.05, 0) is 36.8 Å². The molecule has 1 amide bonds. The zero-order valence-corrected chi connectivity index (χ0v) is 15.4. The van der Waals surface area contributed by atoms with E-state index >= 15 is 0 Å². The Balaban J connectivity index is 2.01. The third kappa shape index (κ3) is 4.45. The van der Waals surface area contributed by atoms with Crippen LogP contribution in [-0.4, -0.2) is 38.7 Å². The van der Waals surface area contributed by atoms with Gasteiger partial charge in [-0.2, -0.15) is 5.26 Å². The smallest absolute Gasteiger partial charge is 0.260 e. The third-order valence-corrected chi connectivity index (χ3v) is 4.22. The van der Waals surface area contributed by atoms with Crippen LogP contribution in [0.25, 0.3) is 0 Å². The van der Waals surface area contributed by atoms with E-state index in [4.69, 9.17) is 19.5 Å². The number of methoxy groups -OCH3 is 2. The lowest BCUT2D eigenvalue weighted by atomic mass is 10.1. The van der Waals surface area contributed by atoms with Crippen LogP contribution in [0.15, 0.2) is 42.5 Å². The first-order valence-electron chi connectivity index (χ1n) is 8.10. The van der Waals surface area contributed by atoms with Crippen LogP contribution in [0, 0.1) is 11.3 Å². The number of nitrogens with zero attached hydrogens (tertiary/aromatic N) is 2. The van der Waals surface area contributed by atoms with E-state index in [1.54, 1.807) is 37.3 Å². The minimum absolute atomic E-state index is 0.111. The molecule has 2 aromatic carbocycles. The molecule has 26 heavy (non-hydrogen) atoms. The van der Waals surface area contributed by atoms with Crippen LogP contribution in [0.3, 0.4) is 0 Å². The van der Waals surface area contributed by atoms with Gasteiger partial charge in [0.15, 0.2) is 18.1 Å². The Kier molecular flexibility index (Phi) is 6.45. The first kappa shape index (κ1) is 19.1. The molecule has 1 unspecified atom stereocenters. The second-order valence-electron chi connectivity index (χ2n) is 5.72. The largest absolute Gasteiger partial charge is 0.497 e. The molecule has 0 aliphatic carbocycles. The molecule has 6 nitrogen and oxygen atoms in total. The van der Waals surface area contributed by atoms with E-state index in [0.717, 1.165) is 11.3 Å². The molecule has 0 aromatic heterocycles. The summed E-state index contributed by atoms with van der Waals surface area (Å²) in [5.74, 6) is 1.44. The van der Waals surface area contributed by atoms with Gasteiger partial charge in [-0.3, -0.25) is 4.79 Å². The predicted octanol–water partition coefficient (Wildman–Crippen LogP) is 3.17. The summed E-state index contributed by atoms with van der Waals surface area (Å²) in [4.78, 5) is 14.1. The highest BCUT2D eigenvalue weighted by molar-refractivity contribution is 5.78. The second-order valence-corrected chi connectivity index (χ2v) is 5.72. The van der Waals surface area contributed by atoms with Gasteiger partial charge in [0, 0.05) is 13.1 Å². The van der Waals surface area contributed by atoms with Gasteiger partial charge in [-0.25, -0.2) is 0 Å². The zero-order valence-electron chi connectivity index (χ0n) is 15.4. The van der Waals surface area contributed by atoms with E-state index in [1.807, 2.05) is 37.3 Å². The van der Waals surface area contributed by atoms with Crippen LogP contribution in [0.4, 0.5) is 0 Å². The lowest BCUT2D eigenvalue weighted by molar-refractivity contribution is -0.134. The summed E-state index contributed by atoms with van der Waals surface area (Å²) in [6.45, 7) is 1.82. The highest BCUT2D eigenvalue weighted by atomic mass is 16.5. The number of carbonyl (C=O) groups is 1. The summed E-state index contributed by atoms with van der Waals surface area (Å²) < 4.78 is 15.9. The van der Waals surface area contributed by atoms with Crippen molar-refractivity contribution >= 4 is 5.91 Å². The van der Waals surface area contributed by atoms with Gasteiger partial charge in [-0.15, -0.1) is 0 Å². The molecule has 6 heteroatoms. The molecule has 0 radical (unpaired) electrons. The van der Waals surface area contributed by atoms with Gasteiger partial charge in [0.2, 0.25) is 0 Å². The topological polar surface area (TPSA) is 71.8 Å². The van der Waals surface area contributed by atoms with Crippen LogP contribution in [0.2, 0.25) is 0 Å². The minimum atomic E-state index is -0.167. The first-order valence-corrected chi connectivity index (χ1v) is 8.10. The van der Waals surface area contributed by atoms with Crippen LogP contribution in [0.1, 0.15) is 24.1 Å². The van der Waals surface area contributed by atoms with Crippen LogP contribution < -0.4 is 14.2 Å². The molecular formula is C20H22N2O4. The maximum Gasteiger partial charge on any atom is 0.260 e. The Labute approximate surface area is 153 Å². The van der Waals surface area contributed by atoms with Crippen molar-refractivity contribution in [3.8, 4) is 23.3 Å². The van der Waals surface area contributed by atoms with Crippen LogP contribution in [-0.2, 0) is 4.79 Å². The molecule has 1 atom stereocenters. The van der Waals surface area contributed by atoms with E-state index in [9.17, 15) is 4.79 Å². The lowest BCUT2D eigenvalue weighted by Crippen LogP contribution is -2.33. The van der Waals surface area contributed by atoms with E-state index in [0.29, 0.717) is 17.1 Å². The van der Waals surface area contributed by atoms with Gasteiger partial charge in [-0.1, -0.05) is 12.1 Å². The fourth-order valence-corrected chi connectivity index (χ4v) is 2.42. The molecule has 0 aliphatic heterocycles. The van der Waals surface area contributed by atoms with Gasteiger partial charge in [0.05, 0.1) is 31.9 Å². The molecule has 0 aliphatic rings. The number of likely N-dealkylation sites (N-methyl/N-ethyl adjacent to an activating group) is 1. The monoisotopic (exact) mass is 354 g/mol. The van der Waals surface area contributed by atoms with E-state index in [1.165, 1.54) is 7.11 Å². The molecule has 0 bridgehead atoms. The molecule has 2 rings (SSSR count). The number of carbonyl (C=O) groups excluding carboxylic acids is 1. The molecule has 2 aromatic rings. The van der Waals surface area contributed by atoms with Crippen molar-refractivity contribution in [1.82, 2.24) is 4.90 Å². The predicted molar refractivity (Wildman–Crippen MR) is 97.4 cm³/mol. The first-order chi connectivity index (χ1) is 12.5. The van der Waals surface area contributed by atoms with Gasteiger partial charge < -0.3 is 19.1 Å². The number of amides is 1. The van der Waals surface area contributed by atoms with E-state index < -0.39 is 0 Å². The summed E-state index contributed by atoms with van der Waals surface area (Å²) in [5, 5.41) is 8.93. The lowest BCUT2D eigenvalue weighted by Gasteiger charge is -2.25. The van der Waals surface area contributed by atoms with Crippen molar-refractivity contribution in [2.45, 2.75) is 13.0 Å². The number of benzene rings is 2. The summed E-state index contributed by atoms with van der Waals surface area (Å²) in [5.41, 5.74) is 1.46. The quantitative estimate of drug-likeness (QED) is 0.764. The molecule has 0 spiro atoms. The van der Waals surface area contributed by atoms with Gasteiger partial charge >= 0.3 is 0 Å². The van der Waals surface area contributed by atoms with Crippen molar-refractivity contribution in [3.05, 3.63) is 53.6 Å². The number of nitriles is 1. The standard InChI is InChI=1S/C20H22N2O4/c1-14(16-6-8-17(24-3)9-7-16)22(2)20(23)13-26-18-10-5-15(12-21)11-19(18)25-4/h5-11,14H,13H2,1-4H3. The number of hydrogen-bond acceptors (Lipinski definition) is 5. The van der Waals surface area contributed by atoms with Crippen molar-refractivity contribution in [2.24, 2.45) is 0 Å². The maximum absolute atomic E-state index is 12.5.